The van der Waals surface area contributed by atoms with Crippen LogP contribution in [0.5, 0.6) is 0 Å². The summed E-state index contributed by atoms with van der Waals surface area (Å²) >= 11 is 0. The average molecular weight is 367 g/mol. The van der Waals surface area contributed by atoms with Crippen molar-refractivity contribution in [3.8, 4) is 0 Å². The van der Waals surface area contributed by atoms with Crippen LogP contribution in [0.2, 0.25) is 0 Å². The first kappa shape index (κ1) is 17.7. The number of nitrogens with zero attached hydrogens (tertiary/aromatic N) is 4. The highest BCUT2D eigenvalue weighted by Crippen LogP contribution is 2.18. The molecule has 0 spiro atoms. The Morgan fingerprint density at radius 3 is 2.96 bits per heavy atom. The van der Waals surface area contributed by atoms with E-state index in [0.29, 0.717) is 29.5 Å². The van der Waals surface area contributed by atoms with Gasteiger partial charge in [-0.05, 0) is 30.2 Å². The average Bonchev–Trinajstić information content (AvgIpc) is 3.19. The zero-order valence-electron chi connectivity index (χ0n) is 16.0. The first-order valence-electron chi connectivity index (χ1n) is 9.41. The van der Waals surface area contributed by atoms with E-state index in [1.807, 2.05) is 0 Å². The van der Waals surface area contributed by atoms with Gasteiger partial charge < -0.3 is 9.73 Å². The molecule has 142 valence electrons. The summed E-state index contributed by atoms with van der Waals surface area (Å²) in [6.45, 7) is 10.6. The van der Waals surface area contributed by atoms with Crippen LogP contribution in [0.25, 0.3) is 11.1 Å². The summed E-state index contributed by atoms with van der Waals surface area (Å²) in [4.78, 5) is 19.2. The van der Waals surface area contributed by atoms with Crippen molar-refractivity contribution in [2.75, 3.05) is 13.1 Å². The molecular formula is C20H25N5O2. The van der Waals surface area contributed by atoms with E-state index in [1.54, 1.807) is 25.1 Å². The summed E-state index contributed by atoms with van der Waals surface area (Å²) in [6, 6.07) is 7.39. The minimum Gasteiger partial charge on any atom is -0.441 e. The Morgan fingerprint density at radius 2 is 2.15 bits per heavy atom. The van der Waals surface area contributed by atoms with Gasteiger partial charge in [0, 0.05) is 32.1 Å². The van der Waals surface area contributed by atoms with Crippen molar-refractivity contribution in [2.45, 2.75) is 40.4 Å². The number of hydrogen-bond acceptors (Lipinski definition) is 5. The second-order valence-corrected chi connectivity index (χ2v) is 7.58. The summed E-state index contributed by atoms with van der Waals surface area (Å²) in [5, 5.41) is 7.58. The molecule has 3 heterocycles. The quantitative estimate of drug-likeness (QED) is 0.750. The summed E-state index contributed by atoms with van der Waals surface area (Å²) < 4.78 is 7.56. The predicted octanol–water partition coefficient (Wildman–Crippen LogP) is 2.73. The van der Waals surface area contributed by atoms with Crippen LogP contribution in [0.3, 0.4) is 0 Å². The fourth-order valence-corrected chi connectivity index (χ4v) is 3.59. The molecule has 0 atom stereocenters. The highest BCUT2D eigenvalue weighted by Gasteiger charge is 2.19. The Bertz CT molecular complexity index is 972. The minimum atomic E-state index is -0.140. The fraction of sp³-hybridized carbons (Fsp3) is 0.450. The number of fused-ring (bicyclic) bond motifs is 2. The number of benzene rings is 1. The molecule has 0 bridgehead atoms. The molecule has 0 aliphatic carbocycles. The van der Waals surface area contributed by atoms with Gasteiger partial charge >= 0.3 is 0 Å². The number of nitrogens with one attached hydrogen (secondary N) is 1. The Morgan fingerprint density at radius 1 is 1.30 bits per heavy atom. The van der Waals surface area contributed by atoms with Gasteiger partial charge in [0.2, 0.25) is 0 Å². The molecule has 0 saturated heterocycles. The van der Waals surface area contributed by atoms with E-state index in [-0.39, 0.29) is 5.91 Å². The lowest BCUT2D eigenvalue weighted by Crippen LogP contribution is -2.36. The van der Waals surface area contributed by atoms with Crippen LogP contribution in [-0.2, 0) is 19.6 Å². The van der Waals surface area contributed by atoms with E-state index in [4.69, 9.17) is 4.42 Å². The Balaban J connectivity index is 1.40. The van der Waals surface area contributed by atoms with Gasteiger partial charge in [-0.15, -0.1) is 0 Å². The predicted molar refractivity (Wildman–Crippen MR) is 102 cm³/mol. The van der Waals surface area contributed by atoms with Crippen LogP contribution in [0.15, 0.2) is 28.7 Å². The Kier molecular flexibility index (Phi) is 4.70. The summed E-state index contributed by atoms with van der Waals surface area (Å²) in [6.07, 6.45) is 0. The van der Waals surface area contributed by atoms with E-state index in [1.165, 1.54) is 5.69 Å². The van der Waals surface area contributed by atoms with Crippen LogP contribution in [0, 0.1) is 12.8 Å². The van der Waals surface area contributed by atoms with E-state index in [9.17, 15) is 4.79 Å². The summed E-state index contributed by atoms with van der Waals surface area (Å²) in [5.74, 6) is 1.11. The summed E-state index contributed by atoms with van der Waals surface area (Å²) in [7, 11) is 0. The number of aromatic nitrogens is 3. The zero-order valence-corrected chi connectivity index (χ0v) is 16.0. The molecule has 7 heteroatoms. The molecular weight excluding hydrogens is 342 g/mol. The van der Waals surface area contributed by atoms with Gasteiger partial charge in [-0.1, -0.05) is 13.8 Å². The van der Waals surface area contributed by atoms with Gasteiger partial charge in [-0.3, -0.25) is 14.4 Å². The molecule has 0 fully saturated rings. The SMILES string of the molecule is Cc1nc2ccc(C(=O)NCc3cc4n(n3)CCN(CC(C)C)C4)cc2o1. The molecule has 0 radical (unpaired) electrons. The lowest BCUT2D eigenvalue weighted by molar-refractivity contribution is 0.0950. The number of rotatable bonds is 5. The molecule has 27 heavy (non-hydrogen) atoms. The molecule has 7 nitrogen and oxygen atoms in total. The molecule has 0 unspecified atom stereocenters. The maximum Gasteiger partial charge on any atom is 0.251 e. The van der Waals surface area contributed by atoms with Gasteiger partial charge in [-0.25, -0.2) is 4.98 Å². The molecule has 1 aliphatic rings. The van der Waals surface area contributed by atoms with Crippen molar-refractivity contribution in [3.63, 3.8) is 0 Å². The van der Waals surface area contributed by atoms with Crippen molar-refractivity contribution in [1.29, 1.82) is 0 Å². The summed E-state index contributed by atoms with van der Waals surface area (Å²) in [5.41, 5.74) is 4.05. The van der Waals surface area contributed by atoms with E-state index < -0.39 is 0 Å². The third-order valence-corrected chi connectivity index (χ3v) is 4.74. The van der Waals surface area contributed by atoms with Crippen molar-refractivity contribution >= 4 is 17.0 Å². The topological polar surface area (TPSA) is 76.2 Å². The Hall–Kier alpha value is -2.67. The highest BCUT2D eigenvalue weighted by atomic mass is 16.3. The van der Waals surface area contributed by atoms with Crippen LogP contribution in [0.4, 0.5) is 0 Å². The van der Waals surface area contributed by atoms with E-state index in [0.717, 1.165) is 37.4 Å². The minimum absolute atomic E-state index is 0.140. The number of carbonyl (C=O) groups is 1. The van der Waals surface area contributed by atoms with Gasteiger partial charge in [0.15, 0.2) is 11.5 Å². The molecule has 1 aliphatic heterocycles. The maximum atomic E-state index is 12.5. The van der Waals surface area contributed by atoms with Crippen LogP contribution >= 0.6 is 0 Å². The first-order chi connectivity index (χ1) is 13.0. The number of carbonyl (C=O) groups excluding carboxylic acids is 1. The normalized spacial score (nSPS) is 14.7. The van der Waals surface area contributed by atoms with E-state index >= 15 is 0 Å². The van der Waals surface area contributed by atoms with Crippen molar-refractivity contribution in [1.82, 2.24) is 25.0 Å². The number of oxazole rings is 1. The molecule has 1 N–H and O–H groups in total. The molecule has 0 saturated carbocycles. The standard InChI is InChI=1S/C20H25N5O2/c1-13(2)11-24-6-7-25-17(12-24)9-16(23-25)10-21-20(26)15-4-5-18-19(8-15)27-14(3)22-18/h4-5,8-9,13H,6-7,10-12H2,1-3H3,(H,21,26). The van der Waals surface area contributed by atoms with Crippen LogP contribution < -0.4 is 5.32 Å². The number of aryl methyl sites for hydroxylation is 1. The van der Waals surface area contributed by atoms with Gasteiger partial charge in [-0.2, -0.15) is 5.10 Å². The monoisotopic (exact) mass is 367 g/mol. The highest BCUT2D eigenvalue weighted by molar-refractivity contribution is 5.96. The van der Waals surface area contributed by atoms with Gasteiger partial charge in [0.25, 0.3) is 5.91 Å². The van der Waals surface area contributed by atoms with Crippen LogP contribution in [0.1, 0.15) is 41.5 Å². The molecule has 4 rings (SSSR count). The zero-order chi connectivity index (χ0) is 19.0. The second-order valence-electron chi connectivity index (χ2n) is 7.58. The van der Waals surface area contributed by atoms with Gasteiger partial charge in [0.05, 0.1) is 24.5 Å². The molecule has 2 aromatic heterocycles. The third-order valence-electron chi connectivity index (χ3n) is 4.74. The van der Waals surface area contributed by atoms with Crippen molar-refractivity contribution < 1.29 is 9.21 Å². The third kappa shape index (κ3) is 3.88. The van der Waals surface area contributed by atoms with Gasteiger partial charge in [0.1, 0.15) is 5.52 Å². The number of amides is 1. The second kappa shape index (κ2) is 7.15. The lowest BCUT2D eigenvalue weighted by atomic mass is 10.2. The molecule has 3 aromatic rings. The Labute approximate surface area is 158 Å². The fourth-order valence-electron chi connectivity index (χ4n) is 3.59. The molecule has 1 aromatic carbocycles. The smallest absolute Gasteiger partial charge is 0.251 e. The van der Waals surface area contributed by atoms with Crippen molar-refractivity contribution in [3.05, 3.63) is 47.1 Å². The maximum absolute atomic E-state index is 12.5. The van der Waals surface area contributed by atoms with Crippen LogP contribution in [-0.4, -0.2) is 38.7 Å². The first-order valence-corrected chi connectivity index (χ1v) is 9.41. The lowest BCUT2D eigenvalue weighted by Gasteiger charge is -2.28. The molecule has 1 amide bonds. The number of hydrogen-bond donors (Lipinski definition) is 1. The van der Waals surface area contributed by atoms with Crippen molar-refractivity contribution in [2.24, 2.45) is 5.92 Å². The largest absolute Gasteiger partial charge is 0.441 e. The van der Waals surface area contributed by atoms with E-state index in [2.05, 4.69) is 44.9 Å².